The molecule has 1 atom stereocenters. The third kappa shape index (κ3) is 3.75. The van der Waals surface area contributed by atoms with Crippen molar-refractivity contribution in [1.29, 1.82) is 0 Å². The summed E-state index contributed by atoms with van der Waals surface area (Å²) in [7, 11) is 0. The molecule has 3 N–H and O–H groups in total. The van der Waals surface area contributed by atoms with Gasteiger partial charge in [-0.15, -0.1) is 0 Å². The predicted molar refractivity (Wildman–Crippen MR) is 85.5 cm³/mol. The quantitative estimate of drug-likeness (QED) is 0.847. The van der Waals surface area contributed by atoms with Crippen LogP contribution in [0.3, 0.4) is 0 Å². The summed E-state index contributed by atoms with van der Waals surface area (Å²) in [6.07, 6.45) is -0.630. The SMILES string of the molecule is Cc1ccc(C)c(NC(=O)C(C)Oc2ccccc2N)c1. The van der Waals surface area contributed by atoms with Crippen LogP contribution in [0.15, 0.2) is 42.5 Å². The van der Waals surface area contributed by atoms with Crippen molar-refractivity contribution >= 4 is 17.3 Å². The zero-order valence-corrected chi connectivity index (χ0v) is 12.5. The number of anilines is 2. The van der Waals surface area contributed by atoms with Gasteiger partial charge >= 0.3 is 0 Å². The fraction of sp³-hybridized carbons (Fsp3) is 0.235. The molecule has 0 aliphatic carbocycles. The van der Waals surface area contributed by atoms with E-state index in [9.17, 15) is 4.79 Å². The Bertz CT molecular complexity index is 653. The number of benzene rings is 2. The van der Waals surface area contributed by atoms with Crippen LogP contribution in [-0.2, 0) is 4.79 Å². The van der Waals surface area contributed by atoms with Gasteiger partial charge in [-0.25, -0.2) is 0 Å². The average Bonchev–Trinajstić information content (AvgIpc) is 2.45. The molecule has 0 radical (unpaired) electrons. The molecule has 0 spiro atoms. The van der Waals surface area contributed by atoms with Gasteiger partial charge in [-0.3, -0.25) is 4.79 Å². The molecular weight excluding hydrogens is 264 g/mol. The molecule has 0 heterocycles. The molecule has 0 aromatic heterocycles. The zero-order chi connectivity index (χ0) is 15.4. The third-order valence-corrected chi connectivity index (χ3v) is 3.24. The predicted octanol–water partition coefficient (Wildman–Crippen LogP) is 3.29. The first kappa shape index (κ1) is 14.9. The summed E-state index contributed by atoms with van der Waals surface area (Å²) in [6.45, 7) is 5.64. The van der Waals surface area contributed by atoms with E-state index in [0.29, 0.717) is 11.4 Å². The molecule has 0 aliphatic heterocycles. The second-order valence-corrected chi connectivity index (χ2v) is 5.11. The van der Waals surface area contributed by atoms with Crippen LogP contribution < -0.4 is 15.8 Å². The number of nitrogens with one attached hydrogen (secondary N) is 1. The highest BCUT2D eigenvalue weighted by atomic mass is 16.5. The molecule has 1 amide bonds. The van der Waals surface area contributed by atoms with E-state index >= 15 is 0 Å². The van der Waals surface area contributed by atoms with Crippen LogP contribution in [0.25, 0.3) is 0 Å². The lowest BCUT2D eigenvalue weighted by Crippen LogP contribution is -2.30. The van der Waals surface area contributed by atoms with Crippen molar-refractivity contribution in [3.05, 3.63) is 53.6 Å². The van der Waals surface area contributed by atoms with Gasteiger partial charge in [0.1, 0.15) is 5.75 Å². The van der Waals surface area contributed by atoms with E-state index in [0.717, 1.165) is 16.8 Å². The molecule has 2 aromatic rings. The molecular formula is C17H20N2O2. The van der Waals surface area contributed by atoms with Crippen LogP contribution in [0.1, 0.15) is 18.1 Å². The van der Waals surface area contributed by atoms with E-state index in [-0.39, 0.29) is 5.91 Å². The molecule has 0 bridgehead atoms. The maximum absolute atomic E-state index is 12.2. The number of nitrogens with two attached hydrogens (primary N) is 1. The highest BCUT2D eigenvalue weighted by Gasteiger charge is 2.16. The lowest BCUT2D eigenvalue weighted by Gasteiger charge is -2.17. The summed E-state index contributed by atoms with van der Waals surface area (Å²) < 4.78 is 5.61. The van der Waals surface area contributed by atoms with E-state index < -0.39 is 6.10 Å². The Morgan fingerprint density at radius 3 is 2.62 bits per heavy atom. The van der Waals surface area contributed by atoms with Crippen molar-refractivity contribution in [1.82, 2.24) is 0 Å². The van der Waals surface area contributed by atoms with Gasteiger partial charge in [-0.05, 0) is 50.1 Å². The molecule has 0 fully saturated rings. The summed E-state index contributed by atoms with van der Waals surface area (Å²) in [5.74, 6) is 0.313. The van der Waals surface area contributed by atoms with E-state index in [1.54, 1.807) is 19.1 Å². The topological polar surface area (TPSA) is 64.3 Å². The normalized spacial score (nSPS) is 11.8. The van der Waals surface area contributed by atoms with Gasteiger partial charge < -0.3 is 15.8 Å². The number of amides is 1. The Balaban J connectivity index is 2.06. The van der Waals surface area contributed by atoms with E-state index in [1.165, 1.54) is 0 Å². The summed E-state index contributed by atoms with van der Waals surface area (Å²) in [5, 5.41) is 2.89. The Morgan fingerprint density at radius 2 is 1.90 bits per heavy atom. The number of hydrogen-bond acceptors (Lipinski definition) is 3. The van der Waals surface area contributed by atoms with Crippen molar-refractivity contribution in [2.24, 2.45) is 0 Å². The Hall–Kier alpha value is -2.49. The number of carbonyl (C=O) groups is 1. The number of ether oxygens (including phenoxy) is 1. The van der Waals surface area contributed by atoms with Gasteiger partial charge in [0.25, 0.3) is 5.91 Å². The van der Waals surface area contributed by atoms with Gasteiger partial charge in [0.05, 0.1) is 5.69 Å². The smallest absolute Gasteiger partial charge is 0.265 e. The minimum Gasteiger partial charge on any atom is -0.479 e. The first-order valence-electron chi connectivity index (χ1n) is 6.86. The molecule has 110 valence electrons. The first-order chi connectivity index (χ1) is 9.97. The lowest BCUT2D eigenvalue weighted by molar-refractivity contribution is -0.122. The molecule has 1 unspecified atom stereocenters. The highest BCUT2D eigenvalue weighted by molar-refractivity contribution is 5.94. The second-order valence-electron chi connectivity index (χ2n) is 5.11. The third-order valence-electron chi connectivity index (χ3n) is 3.24. The van der Waals surface area contributed by atoms with E-state index in [4.69, 9.17) is 10.5 Å². The first-order valence-corrected chi connectivity index (χ1v) is 6.86. The molecule has 4 heteroatoms. The number of hydrogen-bond donors (Lipinski definition) is 2. The molecule has 0 saturated carbocycles. The van der Waals surface area contributed by atoms with Crippen molar-refractivity contribution in [3.63, 3.8) is 0 Å². The monoisotopic (exact) mass is 284 g/mol. The fourth-order valence-corrected chi connectivity index (χ4v) is 1.94. The Labute approximate surface area is 124 Å². The molecule has 4 nitrogen and oxygen atoms in total. The van der Waals surface area contributed by atoms with E-state index in [2.05, 4.69) is 5.32 Å². The van der Waals surface area contributed by atoms with Crippen LogP contribution in [0, 0.1) is 13.8 Å². The number of rotatable bonds is 4. The minimum atomic E-state index is -0.630. The summed E-state index contributed by atoms with van der Waals surface area (Å²) in [4.78, 5) is 12.2. The largest absolute Gasteiger partial charge is 0.479 e. The van der Waals surface area contributed by atoms with Crippen molar-refractivity contribution in [2.75, 3.05) is 11.1 Å². The second kappa shape index (κ2) is 6.31. The molecule has 0 saturated heterocycles. The number of para-hydroxylation sites is 2. The fourth-order valence-electron chi connectivity index (χ4n) is 1.94. The van der Waals surface area contributed by atoms with E-state index in [1.807, 2.05) is 44.2 Å². The van der Waals surface area contributed by atoms with Crippen LogP contribution in [0.4, 0.5) is 11.4 Å². The Kier molecular flexibility index (Phi) is 4.48. The van der Waals surface area contributed by atoms with Crippen LogP contribution in [-0.4, -0.2) is 12.0 Å². The number of carbonyl (C=O) groups excluding carboxylic acids is 1. The maximum atomic E-state index is 12.2. The standard InChI is InChI=1S/C17H20N2O2/c1-11-8-9-12(2)15(10-11)19-17(20)13(3)21-16-7-5-4-6-14(16)18/h4-10,13H,18H2,1-3H3,(H,19,20). The molecule has 2 rings (SSSR count). The maximum Gasteiger partial charge on any atom is 0.265 e. The number of aryl methyl sites for hydroxylation is 2. The minimum absolute atomic E-state index is 0.202. The average molecular weight is 284 g/mol. The van der Waals surface area contributed by atoms with Crippen molar-refractivity contribution < 1.29 is 9.53 Å². The van der Waals surface area contributed by atoms with Gasteiger partial charge in [0.2, 0.25) is 0 Å². The van der Waals surface area contributed by atoms with Crippen LogP contribution in [0.2, 0.25) is 0 Å². The Morgan fingerprint density at radius 1 is 1.19 bits per heavy atom. The van der Waals surface area contributed by atoms with Crippen LogP contribution >= 0.6 is 0 Å². The zero-order valence-electron chi connectivity index (χ0n) is 12.5. The van der Waals surface area contributed by atoms with Crippen LogP contribution in [0.5, 0.6) is 5.75 Å². The molecule has 0 aliphatic rings. The van der Waals surface area contributed by atoms with Crippen molar-refractivity contribution in [2.45, 2.75) is 26.9 Å². The number of nitrogen functional groups attached to an aromatic ring is 1. The molecule has 21 heavy (non-hydrogen) atoms. The van der Waals surface area contributed by atoms with Gasteiger partial charge in [0.15, 0.2) is 6.10 Å². The lowest BCUT2D eigenvalue weighted by atomic mass is 10.1. The van der Waals surface area contributed by atoms with Gasteiger partial charge in [-0.1, -0.05) is 24.3 Å². The summed E-state index contributed by atoms with van der Waals surface area (Å²) in [5.41, 5.74) is 9.24. The van der Waals surface area contributed by atoms with Crippen molar-refractivity contribution in [3.8, 4) is 5.75 Å². The van der Waals surface area contributed by atoms with Gasteiger partial charge in [-0.2, -0.15) is 0 Å². The summed E-state index contributed by atoms with van der Waals surface area (Å²) in [6, 6.07) is 13.1. The summed E-state index contributed by atoms with van der Waals surface area (Å²) >= 11 is 0. The molecule has 2 aromatic carbocycles. The highest BCUT2D eigenvalue weighted by Crippen LogP contribution is 2.22. The van der Waals surface area contributed by atoms with Gasteiger partial charge in [0, 0.05) is 5.69 Å².